The maximum absolute atomic E-state index is 11.3. The van der Waals surface area contributed by atoms with Crippen molar-refractivity contribution in [3.63, 3.8) is 0 Å². The van der Waals surface area contributed by atoms with Gasteiger partial charge in [0.25, 0.3) is 0 Å². The predicted octanol–water partition coefficient (Wildman–Crippen LogP) is 2.05. The molecule has 74 valence electrons. The third-order valence-electron chi connectivity index (χ3n) is 1.42. The van der Waals surface area contributed by atoms with Crippen LogP contribution in [0.3, 0.4) is 0 Å². The van der Waals surface area contributed by atoms with Crippen LogP contribution in [0.15, 0.2) is 29.7 Å². The van der Waals surface area contributed by atoms with Crippen molar-refractivity contribution in [2.75, 3.05) is 6.61 Å². The van der Waals surface area contributed by atoms with Gasteiger partial charge in [0, 0.05) is 6.08 Å². The molecule has 0 N–H and O–H groups in total. The Morgan fingerprint density at radius 3 is 2.86 bits per heavy atom. The Hall–Kier alpha value is -1.42. The first-order chi connectivity index (χ1) is 6.74. The zero-order valence-corrected chi connectivity index (χ0v) is 8.54. The van der Waals surface area contributed by atoms with Crippen molar-refractivity contribution in [3.05, 3.63) is 34.5 Å². The summed E-state index contributed by atoms with van der Waals surface area (Å²) in [4.78, 5) is 22.8. The van der Waals surface area contributed by atoms with E-state index in [-0.39, 0.29) is 5.78 Å². The predicted molar refractivity (Wildman–Crippen MR) is 54.4 cm³/mol. The number of ketones is 1. The fourth-order valence-electron chi connectivity index (χ4n) is 0.835. The van der Waals surface area contributed by atoms with Gasteiger partial charge < -0.3 is 4.74 Å². The van der Waals surface area contributed by atoms with Crippen LogP contribution in [0.1, 0.15) is 16.6 Å². The smallest absolute Gasteiger partial charge is 0.330 e. The SMILES string of the molecule is CCOC(=O)/C=C/C(=O)c1cccs1. The van der Waals surface area contributed by atoms with Gasteiger partial charge in [-0.1, -0.05) is 6.07 Å². The van der Waals surface area contributed by atoms with E-state index in [1.807, 2.05) is 5.38 Å². The summed E-state index contributed by atoms with van der Waals surface area (Å²) in [5.74, 6) is -0.662. The molecule has 3 nitrogen and oxygen atoms in total. The number of hydrogen-bond acceptors (Lipinski definition) is 4. The van der Waals surface area contributed by atoms with Gasteiger partial charge in [0.05, 0.1) is 11.5 Å². The molecule has 0 radical (unpaired) electrons. The maximum atomic E-state index is 11.3. The number of esters is 1. The zero-order chi connectivity index (χ0) is 10.4. The van der Waals surface area contributed by atoms with E-state index in [1.165, 1.54) is 17.4 Å². The summed E-state index contributed by atoms with van der Waals surface area (Å²) in [6.07, 6.45) is 2.37. The molecule has 0 amide bonds. The Kier molecular flexibility index (Phi) is 4.07. The highest BCUT2D eigenvalue weighted by atomic mass is 32.1. The highest BCUT2D eigenvalue weighted by molar-refractivity contribution is 7.12. The summed E-state index contributed by atoms with van der Waals surface area (Å²) in [7, 11) is 0. The lowest BCUT2D eigenvalue weighted by Crippen LogP contribution is -2.00. The topological polar surface area (TPSA) is 43.4 Å². The molecule has 1 aromatic rings. The van der Waals surface area contributed by atoms with E-state index in [1.54, 1.807) is 19.1 Å². The fraction of sp³-hybridized carbons (Fsp3) is 0.200. The van der Waals surface area contributed by atoms with Gasteiger partial charge in [0.1, 0.15) is 0 Å². The lowest BCUT2D eigenvalue weighted by molar-refractivity contribution is -0.137. The number of hydrogen-bond donors (Lipinski definition) is 0. The molecule has 1 rings (SSSR count). The molecule has 0 aromatic carbocycles. The van der Waals surface area contributed by atoms with Crippen LogP contribution >= 0.6 is 11.3 Å². The van der Waals surface area contributed by atoms with Gasteiger partial charge in [0.15, 0.2) is 5.78 Å². The molecule has 0 spiro atoms. The van der Waals surface area contributed by atoms with Gasteiger partial charge >= 0.3 is 5.97 Å². The van der Waals surface area contributed by atoms with Gasteiger partial charge in [-0.05, 0) is 24.4 Å². The van der Waals surface area contributed by atoms with Crippen molar-refractivity contribution in [2.45, 2.75) is 6.92 Å². The average Bonchev–Trinajstić information content (AvgIpc) is 2.67. The van der Waals surface area contributed by atoms with Crippen molar-refractivity contribution in [1.82, 2.24) is 0 Å². The van der Waals surface area contributed by atoms with Gasteiger partial charge in [-0.3, -0.25) is 4.79 Å². The number of thiophene rings is 1. The molecule has 1 aromatic heterocycles. The van der Waals surface area contributed by atoms with E-state index in [2.05, 4.69) is 4.74 Å². The molecular weight excluding hydrogens is 200 g/mol. The second-order valence-corrected chi connectivity index (χ2v) is 3.37. The Labute approximate surface area is 86.0 Å². The number of rotatable bonds is 4. The van der Waals surface area contributed by atoms with Crippen molar-refractivity contribution < 1.29 is 14.3 Å². The molecule has 14 heavy (non-hydrogen) atoms. The Bertz CT molecular complexity index is 338. The molecule has 4 heteroatoms. The quantitative estimate of drug-likeness (QED) is 0.434. The molecule has 0 saturated carbocycles. The molecule has 0 aliphatic rings. The first-order valence-corrected chi connectivity index (χ1v) is 5.04. The molecule has 0 fully saturated rings. The van der Waals surface area contributed by atoms with Crippen LogP contribution in [0.2, 0.25) is 0 Å². The minimum absolute atomic E-state index is 0.173. The van der Waals surface area contributed by atoms with Crippen LogP contribution in [0.4, 0.5) is 0 Å². The Morgan fingerprint density at radius 1 is 1.50 bits per heavy atom. The summed E-state index contributed by atoms with van der Waals surface area (Å²) in [5, 5.41) is 1.81. The molecular formula is C10H10O3S. The molecule has 0 aliphatic heterocycles. The van der Waals surface area contributed by atoms with Crippen LogP contribution in [-0.2, 0) is 9.53 Å². The largest absolute Gasteiger partial charge is 0.463 e. The molecule has 0 bridgehead atoms. The summed E-state index contributed by atoms with van der Waals surface area (Å²) in [6, 6.07) is 3.50. The first kappa shape index (κ1) is 10.7. The monoisotopic (exact) mass is 210 g/mol. The van der Waals surface area contributed by atoms with Crippen molar-refractivity contribution in [2.24, 2.45) is 0 Å². The lowest BCUT2D eigenvalue weighted by Gasteiger charge is -1.93. The fourth-order valence-corrected chi connectivity index (χ4v) is 1.48. The normalized spacial score (nSPS) is 10.4. The second-order valence-electron chi connectivity index (χ2n) is 2.43. The van der Waals surface area contributed by atoms with Crippen molar-refractivity contribution >= 4 is 23.1 Å². The zero-order valence-electron chi connectivity index (χ0n) is 7.73. The Morgan fingerprint density at radius 2 is 2.29 bits per heavy atom. The minimum Gasteiger partial charge on any atom is -0.463 e. The van der Waals surface area contributed by atoms with E-state index in [0.29, 0.717) is 11.5 Å². The number of carbonyl (C=O) groups is 2. The van der Waals surface area contributed by atoms with Gasteiger partial charge in [-0.15, -0.1) is 11.3 Å². The van der Waals surface area contributed by atoms with Crippen LogP contribution < -0.4 is 0 Å². The molecule has 0 unspecified atom stereocenters. The summed E-state index contributed by atoms with van der Waals surface area (Å²) < 4.78 is 4.64. The summed E-state index contributed by atoms with van der Waals surface area (Å²) in [6.45, 7) is 2.03. The number of ether oxygens (including phenoxy) is 1. The highest BCUT2D eigenvalue weighted by Gasteiger charge is 2.02. The van der Waals surface area contributed by atoms with Crippen LogP contribution in [0, 0.1) is 0 Å². The Balaban J connectivity index is 2.53. The van der Waals surface area contributed by atoms with E-state index in [4.69, 9.17) is 0 Å². The van der Waals surface area contributed by atoms with E-state index >= 15 is 0 Å². The van der Waals surface area contributed by atoms with E-state index in [0.717, 1.165) is 6.08 Å². The third kappa shape index (κ3) is 3.14. The maximum Gasteiger partial charge on any atom is 0.330 e. The van der Waals surface area contributed by atoms with E-state index < -0.39 is 5.97 Å². The third-order valence-corrected chi connectivity index (χ3v) is 2.31. The number of carbonyl (C=O) groups excluding carboxylic acids is 2. The van der Waals surface area contributed by atoms with Gasteiger partial charge in [-0.2, -0.15) is 0 Å². The minimum atomic E-state index is -0.489. The molecule has 1 heterocycles. The first-order valence-electron chi connectivity index (χ1n) is 4.16. The van der Waals surface area contributed by atoms with E-state index in [9.17, 15) is 9.59 Å². The molecule has 0 saturated heterocycles. The van der Waals surface area contributed by atoms with Crippen molar-refractivity contribution in [3.8, 4) is 0 Å². The van der Waals surface area contributed by atoms with Crippen LogP contribution in [0.5, 0.6) is 0 Å². The van der Waals surface area contributed by atoms with Gasteiger partial charge in [-0.25, -0.2) is 4.79 Å². The van der Waals surface area contributed by atoms with Crippen LogP contribution in [-0.4, -0.2) is 18.4 Å². The summed E-state index contributed by atoms with van der Waals surface area (Å²) >= 11 is 1.34. The molecule has 0 aliphatic carbocycles. The summed E-state index contributed by atoms with van der Waals surface area (Å²) in [5.41, 5.74) is 0. The standard InChI is InChI=1S/C10H10O3S/c1-2-13-10(12)6-5-8(11)9-4-3-7-14-9/h3-7H,2H2,1H3/b6-5+. The highest BCUT2D eigenvalue weighted by Crippen LogP contribution is 2.09. The second kappa shape index (κ2) is 5.34. The van der Waals surface area contributed by atoms with Gasteiger partial charge in [0.2, 0.25) is 0 Å². The average molecular weight is 210 g/mol. The van der Waals surface area contributed by atoms with Crippen LogP contribution in [0.25, 0.3) is 0 Å². The number of allylic oxidation sites excluding steroid dienone is 1. The molecule has 0 atom stereocenters. The lowest BCUT2D eigenvalue weighted by atomic mass is 10.3. The van der Waals surface area contributed by atoms with Crippen molar-refractivity contribution in [1.29, 1.82) is 0 Å².